The van der Waals surface area contributed by atoms with Crippen LogP contribution in [0.15, 0.2) is 71.2 Å². The molecule has 2 aromatic carbocycles. The van der Waals surface area contributed by atoms with Gasteiger partial charge in [0.1, 0.15) is 0 Å². The SMILES string of the molecule is Nn1c(CSc2nnc(Cc3csc(NC(=O)c4ccccc4)n3)n2NC(=O)c2ccccc2)n[nH]c1=S. The highest BCUT2D eigenvalue weighted by atomic mass is 32.2. The van der Waals surface area contributed by atoms with Gasteiger partial charge in [0.2, 0.25) is 9.93 Å². The van der Waals surface area contributed by atoms with Crippen LogP contribution in [0.25, 0.3) is 0 Å². The van der Waals surface area contributed by atoms with Gasteiger partial charge in [-0.3, -0.25) is 25.4 Å². The minimum atomic E-state index is -0.330. The van der Waals surface area contributed by atoms with Gasteiger partial charge in [0.25, 0.3) is 11.8 Å². The summed E-state index contributed by atoms with van der Waals surface area (Å²) in [5.74, 6) is 6.61. The second-order valence-electron chi connectivity index (χ2n) is 7.79. The standard InChI is InChI=1S/C23H20N10O2S3/c24-32-18(28-29-22(32)36)13-38-23-30-27-17(33(23)31-20(35)15-9-5-2-6-10-15)11-16-12-37-21(25-16)26-19(34)14-7-3-1-4-8-14/h1-10,12H,11,13,24H2,(H,29,36)(H,31,35)(H,25,26,34). The van der Waals surface area contributed by atoms with Crippen LogP contribution in [-0.2, 0) is 12.2 Å². The number of nitrogens with zero attached hydrogens (tertiary/aromatic N) is 6. The maximum atomic E-state index is 12.9. The van der Waals surface area contributed by atoms with Crippen LogP contribution < -0.4 is 16.6 Å². The lowest BCUT2D eigenvalue weighted by Crippen LogP contribution is -2.25. The molecule has 0 saturated heterocycles. The van der Waals surface area contributed by atoms with Crippen LogP contribution in [0.3, 0.4) is 0 Å². The van der Waals surface area contributed by atoms with E-state index < -0.39 is 0 Å². The van der Waals surface area contributed by atoms with Gasteiger partial charge >= 0.3 is 0 Å². The summed E-state index contributed by atoms with van der Waals surface area (Å²) in [6, 6.07) is 17.7. The zero-order chi connectivity index (χ0) is 26.5. The number of nitrogens with two attached hydrogens (primary N) is 1. The molecule has 3 aromatic heterocycles. The molecule has 0 unspecified atom stereocenters. The van der Waals surface area contributed by atoms with E-state index in [0.717, 1.165) is 0 Å². The number of benzene rings is 2. The van der Waals surface area contributed by atoms with Crippen molar-refractivity contribution in [3.63, 3.8) is 0 Å². The molecule has 0 fully saturated rings. The molecular weight excluding hydrogens is 545 g/mol. The van der Waals surface area contributed by atoms with Crippen LogP contribution in [-0.4, -0.2) is 46.5 Å². The third-order valence-corrected chi connectivity index (χ3v) is 7.22. The Balaban J connectivity index is 1.35. The largest absolute Gasteiger partial charge is 0.335 e. The van der Waals surface area contributed by atoms with E-state index in [1.807, 2.05) is 17.5 Å². The molecule has 0 aliphatic heterocycles. The Morgan fingerprint density at radius 1 is 1.00 bits per heavy atom. The van der Waals surface area contributed by atoms with E-state index in [2.05, 4.69) is 36.1 Å². The number of aromatic amines is 1. The smallest absolute Gasteiger partial charge is 0.270 e. The van der Waals surface area contributed by atoms with Gasteiger partial charge in [-0.1, -0.05) is 48.2 Å². The zero-order valence-corrected chi connectivity index (χ0v) is 22.0. The number of rotatable bonds is 9. The number of hydrogen-bond donors (Lipinski definition) is 4. The van der Waals surface area contributed by atoms with Crippen molar-refractivity contribution in [2.75, 3.05) is 16.6 Å². The molecule has 5 aromatic rings. The Hall–Kier alpha value is -4.34. The molecule has 192 valence electrons. The van der Waals surface area contributed by atoms with Crippen LogP contribution in [0.4, 0.5) is 5.13 Å². The Bertz CT molecular complexity index is 1630. The second-order valence-corrected chi connectivity index (χ2v) is 9.97. The maximum Gasteiger partial charge on any atom is 0.270 e. The molecule has 0 aliphatic rings. The number of carbonyl (C=O) groups is 2. The maximum absolute atomic E-state index is 12.9. The highest BCUT2D eigenvalue weighted by molar-refractivity contribution is 7.98. The van der Waals surface area contributed by atoms with Crippen molar-refractivity contribution in [1.29, 1.82) is 0 Å². The number of carbonyl (C=O) groups excluding carboxylic acids is 2. The van der Waals surface area contributed by atoms with E-state index in [1.165, 1.54) is 32.5 Å². The van der Waals surface area contributed by atoms with Crippen LogP contribution in [0.2, 0.25) is 0 Å². The monoisotopic (exact) mass is 564 g/mol. The first-order valence-electron chi connectivity index (χ1n) is 11.1. The molecule has 0 radical (unpaired) electrons. The van der Waals surface area contributed by atoms with Crippen molar-refractivity contribution in [2.24, 2.45) is 0 Å². The lowest BCUT2D eigenvalue weighted by molar-refractivity contribution is 0.100. The lowest BCUT2D eigenvalue weighted by atomic mass is 10.2. The first-order chi connectivity index (χ1) is 18.5. The van der Waals surface area contributed by atoms with Crippen LogP contribution >= 0.6 is 35.3 Å². The number of amides is 2. The molecule has 5 N–H and O–H groups in total. The van der Waals surface area contributed by atoms with E-state index >= 15 is 0 Å². The van der Waals surface area contributed by atoms with E-state index in [-0.39, 0.29) is 18.2 Å². The van der Waals surface area contributed by atoms with Crippen LogP contribution in [0, 0.1) is 4.77 Å². The number of nitrogen functional groups attached to an aromatic ring is 1. The minimum Gasteiger partial charge on any atom is -0.335 e. The summed E-state index contributed by atoms with van der Waals surface area (Å²) in [7, 11) is 0. The lowest BCUT2D eigenvalue weighted by Gasteiger charge is -2.11. The number of nitrogens with one attached hydrogen (secondary N) is 3. The molecule has 15 heteroatoms. The fraction of sp³-hybridized carbons (Fsp3) is 0.0870. The van der Waals surface area contributed by atoms with Gasteiger partial charge in [0.15, 0.2) is 16.8 Å². The fourth-order valence-electron chi connectivity index (χ4n) is 3.31. The number of thiazole rings is 1. The van der Waals surface area contributed by atoms with Gasteiger partial charge < -0.3 is 5.84 Å². The summed E-state index contributed by atoms with van der Waals surface area (Å²) in [6.45, 7) is 0. The van der Waals surface area contributed by atoms with Crippen LogP contribution in [0.1, 0.15) is 38.1 Å². The van der Waals surface area contributed by atoms with Gasteiger partial charge in [-0.05, 0) is 36.5 Å². The number of aromatic nitrogens is 7. The predicted molar refractivity (Wildman–Crippen MR) is 147 cm³/mol. The summed E-state index contributed by atoms with van der Waals surface area (Å²) < 4.78 is 3.08. The van der Waals surface area contributed by atoms with Gasteiger partial charge in [-0.15, -0.1) is 21.5 Å². The van der Waals surface area contributed by atoms with Gasteiger partial charge in [-0.25, -0.2) is 14.3 Å². The fourth-order valence-corrected chi connectivity index (χ4v) is 5.01. The number of hydrogen-bond acceptors (Lipinski definition) is 10. The second kappa shape index (κ2) is 11.4. The molecule has 5 rings (SSSR count). The topological polar surface area (TPSA) is 161 Å². The van der Waals surface area contributed by atoms with Gasteiger partial charge in [-0.2, -0.15) is 5.10 Å². The number of H-pyrrole nitrogens is 1. The summed E-state index contributed by atoms with van der Waals surface area (Å²) in [6.07, 6.45) is 0.260. The van der Waals surface area contributed by atoms with Crippen LogP contribution in [0.5, 0.6) is 0 Å². The average Bonchev–Trinajstić information content (AvgIpc) is 3.64. The summed E-state index contributed by atoms with van der Waals surface area (Å²) in [4.78, 5) is 29.9. The molecule has 0 spiro atoms. The molecule has 3 heterocycles. The van der Waals surface area contributed by atoms with Crippen molar-refractivity contribution in [2.45, 2.75) is 17.3 Å². The van der Waals surface area contributed by atoms with E-state index in [4.69, 9.17) is 18.1 Å². The third-order valence-electron chi connectivity index (χ3n) is 5.20. The first kappa shape index (κ1) is 25.3. The summed E-state index contributed by atoms with van der Waals surface area (Å²) >= 11 is 7.64. The van der Waals surface area contributed by atoms with Crippen molar-refractivity contribution < 1.29 is 9.59 Å². The minimum absolute atomic E-state index is 0.249. The van der Waals surface area contributed by atoms with Crippen molar-refractivity contribution in [1.82, 2.24) is 34.7 Å². The third kappa shape index (κ3) is 5.80. The van der Waals surface area contributed by atoms with Gasteiger partial charge in [0.05, 0.1) is 17.9 Å². The van der Waals surface area contributed by atoms with E-state index in [0.29, 0.717) is 49.3 Å². The van der Waals surface area contributed by atoms with E-state index in [9.17, 15) is 9.59 Å². The first-order valence-corrected chi connectivity index (χ1v) is 13.4. The Morgan fingerprint density at radius 2 is 1.68 bits per heavy atom. The number of thioether (sulfide) groups is 1. The van der Waals surface area contributed by atoms with Crippen molar-refractivity contribution in [3.05, 3.63) is 99.3 Å². The molecule has 2 amide bonds. The molecule has 38 heavy (non-hydrogen) atoms. The Kier molecular flexibility index (Phi) is 7.57. The zero-order valence-electron chi connectivity index (χ0n) is 19.6. The Morgan fingerprint density at radius 3 is 2.34 bits per heavy atom. The number of anilines is 1. The van der Waals surface area contributed by atoms with Crippen molar-refractivity contribution in [3.8, 4) is 0 Å². The molecule has 12 nitrogen and oxygen atoms in total. The molecule has 0 bridgehead atoms. The average molecular weight is 565 g/mol. The molecular formula is C23H20N10O2S3. The quantitative estimate of drug-likeness (QED) is 0.120. The van der Waals surface area contributed by atoms with Gasteiger partial charge in [0, 0.05) is 16.5 Å². The summed E-state index contributed by atoms with van der Waals surface area (Å²) in [5, 5.41) is 20.8. The Labute approximate surface area is 229 Å². The normalized spacial score (nSPS) is 10.8. The summed E-state index contributed by atoms with van der Waals surface area (Å²) in [5.41, 5.74) is 4.53. The molecule has 0 aliphatic carbocycles. The highest BCUT2D eigenvalue weighted by Gasteiger charge is 2.19. The van der Waals surface area contributed by atoms with E-state index in [1.54, 1.807) is 48.5 Å². The predicted octanol–water partition coefficient (Wildman–Crippen LogP) is 3.22. The molecule has 0 atom stereocenters. The highest BCUT2D eigenvalue weighted by Crippen LogP contribution is 2.23. The molecule has 0 saturated carbocycles. The van der Waals surface area contributed by atoms with Crippen molar-refractivity contribution >= 4 is 52.3 Å².